The van der Waals surface area contributed by atoms with Crippen molar-refractivity contribution in [1.29, 1.82) is 0 Å². The topological polar surface area (TPSA) is 63.5 Å². The third-order valence-corrected chi connectivity index (χ3v) is 5.50. The molecule has 1 aliphatic rings. The van der Waals surface area contributed by atoms with Crippen LogP contribution in [-0.4, -0.2) is 15.3 Å². The van der Waals surface area contributed by atoms with Gasteiger partial charge in [-0.25, -0.2) is 4.98 Å². The molecule has 0 saturated heterocycles. The Labute approximate surface area is 143 Å². The van der Waals surface area contributed by atoms with Gasteiger partial charge in [-0.15, -0.1) is 11.3 Å². The van der Waals surface area contributed by atoms with Gasteiger partial charge in [-0.3, -0.25) is 14.0 Å². The summed E-state index contributed by atoms with van der Waals surface area (Å²) in [5.41, 5.74) is 1.88. The molecule has 0 radical (unpaired) electrons. The molecule has 1 N–H and O–H groups in total. The highest BCUT2D eigenvalue weighted by Gasteiger charge is 2.21. The zero-order valence-electron chi connectivity index (χ0n) is 13.1. The van der Waals surface area contributed by atoms with E-state index in [-0.39, 0.29) is 17.0 Å². The Bertz CT molecular complexity index is 960. The minimum atomic E-state index is -0.374. The van der Waals surface area contributed by atoms with Crippen LogP contribution in [0.4, 0.5) is 0 Å². The van der Waals surface area contributed by atoms with Gasteiger partial charge >= 0.3 is 0 Å². The first kappa shape index (κ1) is 15.1. The summed E-state index contributed by atoms with van der Waals surface area (Å²) < 4.78 is 1.64. The second-order valence-corrected chi connectivity index (χ2v) is 7.00. The molecule has 0 atom stereocenters. The molecule has 4 rings (SSSR count). The Morgan fingerprint density at radius 2 is 2.00 bits per heavy atom. The van der Waals surface area contributed by atoms with E-state index in [1.807, 2.05) is 30.3 Å². The molecule has 0 aliphatic heterocycles. The van der Waals surface area contributed by atoms with Gasteiger partial charge in [-0.1, -0.05) is 30.3 Å². The van der Waals surface area contributed by atoms with Crippen molar-refractivity contribution in [3.05, 3.63) is 68.6 Å². The van der Waals surface area contributed by atoms with E-state index in [9.17, 15) is 9.59 Å². The predicted molar refractivity (Wildman–Crippen MR) is 93.6 cm³/mol. The third-order valence-electron chi connectivity index (χ3n) is 4.34. The highest BCUT2D eigenvalue weighted by molar-refractivity contribution is 7.17. The van der Waals surface area contributed by atoms with Crippen LogP contribution in [0.5, 0.6) is 0 Å². The van der Waals surface area contributed by atoms with Crippen molar-refractivity contribution >= 4 is 22.2 Å². The molecule has 0 bridgehead atoms. The molecule has 0 spiro atoms. The first-order valence-electron chi connectivity index (χ1n) is 8.08. The van der Waals surface area contributed by atoms with Crippen molar-refractivity contribution in [2.24, 2.45) is 0 Å². The number of hydrogen-bond acceptors (Lipinski definition) is 4. The van der Waals surface area contributed by atoms with Gasteiger partial charge in [0.15, 0.2) is 4.96 Å². The lowest BCUT2D eigenvalue weighted by Gasteiger charge is -2.10. The molecule has 6 heteroatoms. The van der Waals surface area contributed by atoms with Crippen molar-refractivity contribution in [1.82, 2.24) is 14.7 Å². The molecular weight excluding hydrogens is 322 g/mol. The maximum atomic E-state index is 12.8. The average molecular weight is 339 g/mol. The quantitative estimate of drug-likeness (QED) is 0.798. The summed E-state index contributed by atoms with van der Waals surface area (Å²) in [4.78, 5) is 31.5. The number of nitrogens with one attached hydrogen (secondary N) is 1. The van der Waals surface area contributed by atoms with Crippen LogP contribution >= 0.6 is 11.3 Å². The fourth-order valence-corrected chi connectivity index (χ4v) is 4.27. The summed E-state index contributed by atoms with van der Waals surface area (Å²) >= 11 is 1.56. The van der Waals surface area contributed by atoms with Gasteiger partial charge in [0.25, 0.3) is 11.5 Å². The van der Waals surface area contributed by atoms with E-state index in [4.69, 9.17) is 0 Å². The first-order chi connectivity index (χ1) is 11.7. The average Bonchev–Trinajstić information content (AvgIpc) is 3.00. The van der Waals surface area contributed by atoms with Crippen LogP contribution in [0.15, 0.2) is 41.3 Å². The minimum absolute atomic E-state index is 0.106. The number of amides is 1. The number of rotatable bonds is 3. The largest absolute Gasteiger partial charge is 0.348 e. The zero-order chi connectivity index (χ0) is 16.5. The van der Waals surface area contributed by atoms with E-state index in [2.05, 4.69) is 10.3 Å². The van der Waals surface area contributed by atoms with Crippen molar-refractivity contribution in [3.8, 4) is 0 Å². The summed E-state index contributed by atoms with van der Waals surface area (Å²) in [6.45, 7) is 0.392. The number of aromatic nitrogens is 2. The van der Waals surface area contributed by atoms with Crippen LogP contribution in [0, 0.1) is 0 Å². The lowest BCUT2D eigenvalue weighted by atomic mass is 10.0. The van der Waals surface area contributed by atoms with Crippen molar-refractivity contribution in [3.63, 3.8) is 0 Å². The number of aryl methyl sites for hydroxylation is 2. The Morgan fingerprint density at radius 3 is 2.83 bits per heavy atom. The van der Waals surface area contributed by atoms with Crippen LogP contribution in [-0.2, 0) is 19.4 Å². The fourth-order valence-electron chi connectivity index (χ4n) is 3.10. The van der Waals surface area contributed by atoms with E-state index in [0.717, 1.165) is 36.9 Å². The number of carbonyl (C=O) groups is 1. The summed E-state index contributed by atoms with van der Waals surface area (Å²) in [5, 5.41) is 2.80. The van der Waals surface area contributed by atoms with Gasteiger partial charge in [-0.05, 0) is 31.2 Å². The van der Waals surface area contributed by atoms with E-state index in [1.165, 1.54) is 11.1 Å². The molecule has 2 heterocycles. The van der Waals surface area contributed by atoms with E-state index in [0.29, 0.717) is 11.5 Å². The van der Waals surface area contributed by atoms with Gasteiger partial charge in [0.2, 0.25) is 0 Å². The molecule has 3 aromatic rings. The third kappa shape index (κ3) is 2.63. The van der Waals surface area contributed by atoms with Gasteiger partial charge in [0.1, 0.15) is 5.56 Å². The number of nitrogens with zero attached hydrogens (tertiary/aromatic N) is 2. The molecular formula is C18H17N3O2S. The molecule has 1 aliphatic carbocycles. The molecule has 1 aromatic carbocycles. The van der Waals surface area contributed by atoms with Gasteiger partial charge in [0.05, 0.1) is 0 Å². The standard InChI is InChI=1S/C18H17N3O2S/c22-16(19-10-12-6-2-1-3-7-12)13-11-20-18-21(17(13)23)14-8-4-5-9-15(14)24-18/h1-3,6-7,11H,4-5,8-10H2,(H,19,22). The number of fused-ring (bicyclic) bond motifs is 3. The van der Waals surface area contributed by atoms with E-state index >= 15 is 0 Å². The first-order valence-corrected chi connectivity index (χ1v) is 8.90. The van der Waals surface area contributed by atoms with E-state index in [1.54, 1.807) is 15.7 Å². The molecule has 5 nitrogen and oxygen atoms in total. The minimum Gasteiger partial charge on any atom is -0.348 e. The normalized spacial score (nSPS) is 13.7. The summed E-state index contributed by atoms with van der Waals surface area (Å²) in [6, 6.07) is 9.63. The Balaban J connectivity index is 1.65. The lowest BCUT2D eigenvalue weighted by molar-refractivity contribution is 0.0949. The molecule has 122 valence electrons. The molecule has 0 fully saturated rings. The van der Waals surface area contributed by atoms with Crippen LogP contribution in [0.25, 0.3) is 4.96 Å². The van der Waals surface area contributed by atoms with Gasteiger partial charge in [0, 0.05) is 23.3 Å². The van der Waals surface area contributed by atoms with Crippen molar-refractivity contribution < 1.29 is 4.79 Å². The number of benzene rings is 1. The lowest BCUT2D eigenvalue weighted by Crippen LogP contribution is -2.31. The second-order valence-electron chi connectivity index (χ2n) is 5.94. The number of carbonyl (C=O) groups excluding carboxylic acids is 1. The summed E-state index contributed by atoms with van der Waals surface area (Å²) in [6.07, 6.45) is 5.51. The second kappa shape index (κ2) is 6.20. The molecule has 0 saturated carbocycles. The van der Waals surface area contributed by atoms with Gasteiger partial charge < -0.3 is 5.32 Å². The zero-order valence-corrected chi connectivity index (χ0v) is 13.9. The van der Waals surface area contributed by atoms with Crippen LogP contribution in [0.3, 0.4) is 0 Å². The molecule has 1 amide bonds. The Kier molecular flexibility index (Phi) is 3.90. The monoisotopic (exact) mass is 339 g/mol. The maximum absolute atomic E-state index is 12.8. The number of thiazole rings is 1. The highest BCUT2D eigenvalue weighted by Crippen LogP contribution is 2.28. The molecule has 0 unspecified atom stereocenters. The summed E-state index contributed by atoms with van der Waals surface area (Å²) in [7, 11) is 0. The van der Waals surface area contributed by atoms with Crippen molar-refractivity contribution in [2.75, 3.05) is 0 Å². The molecule has 24 heavy (non-hydrogen) atoms. The van der Waals surface area contributed by atoms with Crippen LogP contribution < -0.4 is 10.9 Å². The SMILES string of the molecule is O=C(NCc1ccccc1)c1cnc2sc3c(n2c1=O)CCCC3. The van der Waals surface area contributed by atoms with E-state index < -0.39 is 0 Å². The predicted octanol–water partition coefficient (Wildman–Crippen LogP) is 2.56. The van der Waals surface area contributed by atoms with Crippen LogP contribution in [0.1, 0.15) is 39.3 Å². The Morgan fingerprint density at radius 1 is 1.21 bits per heavy atom. The van der Waals surface area contributed by atoms with Gasteiger partial charge in [-0.2, -0.15) is 0 Å². The van der Waals surface area contributed by atoms with Crippen LogP contribution in [0.2, 0.25) is 0 Å². The molecule has 2 aromatic heterocycles. The van der Waals surface area contributed by atoms with Crippen molar-refractivity contribution in [2.45, 2.75) is 32.2 Å². The fraction of sp³-hybridized carbons (Fsp3) is 0.278. The smallest absolute Gasteiger partial charge is 0.271 e. The summed E-state index contributed by atoms with van der Waals surface area (Å²) in [5.74, 6) is -0.374. The maximum Gasteiger partial charge on any atom is 0.271 e. The number of hydrogen-bond donors (Lipinski definition) is 1. The highest BCUT2D eigenvalue weighted by atomic mass is 32.1. The Hall–Kier alpha value is -2.47.